The lowest BCUT2D eigenvalue weighted by atomic mass is 10.2. The van der Waals surface area contributed by atoms with Crippen LogP contribution in [0.4, 0.5) is 10.1 Å². The first-order valence-electron chi connectivity index (χ1n) is 9.09. The van der Waals surface area contributed by atoms with Crippen LogP contribution in [0.3, 0.4) is 0 Å². The number of hydrogen-bond donors (Lipinski definition) is 1. The molecular weight excluding hydrogens is 365 g/mol. The minimum absolute atomic E-state index is 0.116. The van der Waals surface area contributed by atoms with E-state index in [1.54, 1.807) is 43.3 Å². The van der Waals surface area contributed by atoms with Crippen LogP contribution in [0.1, 0.15) is 28.8 Å². The molecular formula is C21H22FNO5. The number of carbonyl (C=O) groups excluding carboxylic acids is 2. The molecule has 1 amide bonds. The van der Waals surface area contributed by atoms with Gasteiger partial charge in [0.15, 0.2) is 6.61 Å². The highest BCUT2D eigenvalue weighted by atomic mass is 19.1. The molecule has 2 aromatic carbocycles. The predicted molar refractivity (Wildman–Crippen MR) is 101 cm³/mol. The van der Waals surface area contributed by atoms with Gasteiger partial charge in [0.25, 0.3) is 5.91 Å². The van der Waals surface area contributed by atoms with Crippen molar-refractivity contribution < 1.29 is 28.2 Å². The monoisotopic (exact) mass is 387 g/mol. The highest BCUT2D eigenvalue weighted by Crippen LogP contribution is 2.17. The summed E-state index contributed by atoms with van der Waals surface area (Å²) in [7, 11) is 0. The van der Waals surface area contributed by atoms with Crippen molar-refractivity contribution in [3.63, 3.8) is 0 Å². The molecule has 0 radical (unpaired) electrons. The number of rotatable bonds is 7. The van der Waals surface area contributed by atoms with E-state index in [0.29, 0.717) is 29.2 Å². The van der Waals surface area contributed by atoms with E-state index < -0.39 is 24.3 Å². The van der Waals surface area contributed by atoms with Gasteiger partial charge in [0.05, 0.1) is 11.7 Å². The smallest absolute Gasteiger partial charge is 0.338 e. The van der Waals surface area contributed by atoms with Crippen molar-refractivity contribution in [2.45, 2.75) is 25.9 Å². The molecule has 148 valence electrons. The number of esters is 1. The van der Waals surface area contributed by atoms with Crippen LogP contribution in [0.5, 0.6) is 5.75 Å². The standard InChI is InChI=1S/C21H22FNO5/c1-14-4-7-16(11-19(14)22)23-20(24)13-28-21(25)15-5-8-17(9-6-15)27-12-18-3-2-10-26-18/h4-9,11,18H,2-3,10,12-13H2,1H3,(H,23,24)/t18-/m0/s1. The topological polar surface area (TPSA) is 73.9 Å². The van der Waals surface area contributed by atoms with Crippen molar-refractivity contribution in [1.29, 1.82) is 0 Å². The number of halogens is 1. The molecule has 7 heteroatoms. The molecule has 1 heterocycles. The van der Waals surface area contributed by atoms with E-state index in [0.717, 1.165) is 19.4 Å². The number of anilines is 1. The Bertz CT molecular complexity index is 831. The molecule has 0 spiro atoms. The molecule has 1 N–H and O–H groups in total. The molecule has 1 atom stereocenters. The van der Waals surface area contributed by atoms with E-state index in [1.807, 2.05) is 0 Å². The lowest BCUT2D eigenvalue weighted by Gasteiger charge is -2.11. The largest absolute Gasteiger partial charge is 0.491 e. The second-order valence-electron chi connectivity index (χ2n) is 6.56. The number of aryl methyl sites for hydroxylation is 1. The molecule has 1 aliphatic rings. The van der Waals surface area contributed by atoms with E-state index >= 15 is 0 Å². The molecule has 28 heavy (non-hydrogen) atoms. The Kier molecular flexibility index (Phi) is 6.60. The first-order chi connectivity index (χ1) is 13.5. The van der Waals surface area contributed by atoms with Gasteiger partial charge in [0, 0.05) is 12.3 Å². The first-order valence-corrected chi connectivity index (χ1v) is 9.09. The maximum absolute atomic E-state index is 13.5. The van der Waals surface area contributed by atoms with Gasteiger partial charge >= 0.3 is 5.97 Å². The van der Waals surface area contributed by atoms with Crippen molar-refractivity contribution in [3.05, 3.63) is 59.4 Å². The van der Waals surface area contributed by atoms with Gasteiger partial charge in [-0.2, -0.15) is 0 Å². The Labute approximate surface area is 162 Å². The number of ether oxygens (including phenoxy) is 3. The second kappa shape index (κ2) is 9.32. The summed E-state index contributed by atoms with van der Waals surface area (Å²) in [4.78, 5) is 23.9. The molecule has 1 fully saturated rings. The summed E-state index contributed by atoms with van der Waals surface area (Å²) in [6.07, 6.45) is 2.15. The fourth-order valence-electron chi connectivity index (χ4n) is 2.73. The minimum Gasteiger partial charge on any atom is -0.491 e. The Morgan fingerprint density at radius 3 is 2.68 bits per heavy atom. The van der Waals surface area contributed by atoms with E-state index in [-0.39, 0.29) is 6.10 Å². The number of amides is 1. The van der Waals surface area contributed by atoms with Crippen LogP contribution in [-0.2, 0) is 14.3 Å². The Morgan fingerprint density at radius 1 is 1.21 bits per heavy atom. The number of nitrogens with one attached hydrogen (secondary N) is 1. The molecule has 0 saturated carbocycles. The van der Waals surface area contributed by atoms with E-state index in [4.69, 9.17) is 14.2 Å². The Balaban J connectivity index is 1.44. The molecule has 1 aliphatic heterocycles. The van der Waals surface area contributed by atoms with Crippen LogP contribution >= 0.6 is 0 Å². The lowest BCUT2D eigenvalue weighted by Crippen LogP contribution is -2.21. The van der Waals surface area contributed by atoms with Crippen LogP contribution in [0, 0.1) is 12.7 Å². The summed E-state index contributed by atoms with van der Waals surface area (Å²) in [6.45, 7) is 2.40. The van der Waals surface area contributed by atoms with Gasteiger partial charge in [0.1, 0.15) is 18.2 Å². The molecule has 1 saturated heterocycles. The second-order valence-corrected chi connectivity index (χ2v) is 6.56. The summed E-state index contributed by atoms with van der Waals surface area (Å²) in [5.74, 6) is -0.966. The van der Waals surface area contributed by atoms with Gasteiger partial charge < -0.3 is 19.5 Å². The van der Waals surface area contributed by atoms with Crippen LogP contribution in [-0.4, -0.2) is 37.8 Å². The lowest BCUT2D eigenvalue weighted by molar-refractivity contribution is -0.119. The van der Waals surface area contributed by atoms with Crippen molar-refractivity contribution in [3.8, 4) is 5.75 Å². The van der Waals surface area contributed by atoms with Gasteiger partial charge in [0.2, 0.25) is 0 Å². The van der Waals surface area contributed by atoms with Crippen molar-refractivity contribution in [1.82, 2.24) is 0 Å². The number of carbonyl (C=O) groups is 2. The first kappa shape index (κ1) is 19.8. The zero-order valence-corrected chi connectivity index (χ0v) is 15.6. The summed E-state index contributed by atoms with van der Waals surface area (Å²) in [6, 6.07) is 10.8. The molecule has 0 aromatic heterocycles. The van der Waals surface area contributed by atoms with E-state index in [1.165, 1.54) is 6.07 Å². The third kappa shape index (κ3) is 5.53. The maximum atomic E-state index is 13.5. The Morgan fingerprint density at radius 2 is 2.00 bits per heavy atom. The Hall–Kier alpha value is -2.93. The van der Waals surface area contributed by atoms with Crippen molar-refractivity contribution >= 4 is 17.6 Å². The maximum Gasteiger partial charge on any atom is 0.338 e. The predicted octanol–water partition coefficient (Wildman–Crippen LogP) is 3.49. The zero-order valence-electron chi connectivity index (χ0n) is 15.6. The summed E-state index contributed by atoms with van der Waals surface area (Å²) in [5, 5.41) is 2.48. The highest BCUT2D eigenvalue weighted by molar-refractivity contribution is 5.95. The zero-order chi connectivity index (χ0) is 19.9. The van der Waals surface area contributed by atoms with Crippen molar-refractivity contribution in [2.75, 3.05) is 25.1 Å². The molecule has 0 unspecified atom stereocenters. The summed E-state index contributed by atoms with van der Waals surface area (Å²) in [5.41, 5.74) is 1.09. The fraction of sp³-hybridized carbons (Fsp3) is 0.333. The van der Waals surface area contributed by atoms with Crippen LogP contribution < -0.4 is 10.1 Å². The van der Waals surface area contributed by atoms with Crippen LogP contribution in [0.25, 0.3) is 0 Å². The molecule has 0 aliphatic carbocycles. The van der Waals surface area contributed by atoms with Gasteiger partial charge in [-0.3, -0.25) is 4.79 Å². The van der Waals surface area contributed by atoms with E-state index in [2.05, 4.69) is 5.32 Å². The third-order valence-electron chi connectivity index (χ3n) is 4.34. The summed E-state index contributed by atoms with van der Waals surface area (Å²) < 4.78 is 29.6. The number of benzene rings is 2. The molecule has 2 aromatic rings. The molecule has 0 bridgehead atoms. The average Bonchev–Trinajstić information content (AvgIpc) is 3.21. The normalized spacial score (nSPS) is 15.9. The van der Waals surface area contributed by atoms with Gasteiger partial charge in [-0.25, -0.2) is 9.18 Å². The van der Waals surface area contributed by atoms with Crippen molar-refractivity contribution in [2.24, 2.45) is 0 Å². The average molecular weight is 387 g/mol. The van der Waals surface area contributed by atoms with Gasteiger partial charge in [-0.1, -0.05) is 6.07 Å². The number of hydrogen-bond acceptors (Lipinski definition) is 5. The fourth-order valence-corrected chi connectivity index (χ4v) is 2.73. The van der Waals surface area contributed by atoms with E-state index in [9.17, 15) is 14.0 Å². The van der Waals surface area contributed by atoms with Gasteiger partial charge in [-0.05, 0) is 61.7 Å². The summed E-state index contributed by atoms with van der Waals surface area (Å²) >= 11 is 0. The molecule has 3 rings (SSSR count). The SMILES string of the molecule is Cc1ccc(NC(=O)COC(=O)c2ccc(OC[C@@H]3CCCO3)cc2)cc1F. The minimum atomic E-state index is -0.629. The molecule has 6 nitrogen and oxygen atoms in total. The quantitative estimate of drug-likeness (QED) is 0.737. The highest BCUT2D eigenvalue weighted by Gasteiger charge is 2.16. The van der Waals surface area contributed by atoms with Crippen LogP contribution in [0.15, 0.2) is 42.5 Å². The van der Waals surface area contributed by atoms with Gasteiger partial charge in [-0.15, -0.1) is 0 Å². The third-order valence-corrected chi connectivity index (χ3v) is 4.34. The van der Waals surface area contributed by atoms with Crippen LogP contribution in [0.2, 0.25) is 0 Å².